The van der Waals surface area contributed by atoms with Crippen molar-refractivity contribution in [1.29, 1.82) is 0 Å². The van der Waals surface area contributed by atoms with E-state index in [1.165, 1.54) is 0 Å². The summed E-state index contributed by atoms with van der Waals surface area (Å²) >= 11 is 0. The first kappa shape index (κ1) is 19.3. The lowest BCUT2D eigenvalue weighted by Gasteiger charge is -2.07. The van der Waals surface area contributed by atoms with Gasteiger partial charge in [0.15, 0.2) is 0 Å². The second-order valence-electron chi connectivity index (χ2n) is 5.08. The van der Waals surface area contributed by atoms with Gasteiger partial charge in [0.1, 0.15) is 0 Å². The summed E-state index contributed by atoms with van der Waals surface area (Å²) in [4.78, 5) is 16.3. The fourth-order valence-electron chi connectivity index (χ4n) is 1.75. The van der Waals surface area contributed by atoms with Crippen molar-refractivity contribution in [3.05, 3.63) is 29.8 Å². The molecule has 0 atom stereocenters. The minimum atomic E-state index is -0.117. The first-order valence-corrected chi connectivity index (χ1v) is 7.68. The minimum Gasteiger partial charge on any atom is -0.382 e. The number of amides is 1. The summed E-state index contributed by atoms with van der Waals surface area (Å²) in [5.74, 6) is -0.117. The lowest BCUT2D eigenvalue weighted by atomic mass is 10.2. The van der Waals surface area contributed by atoms with E-state index in [1.54, 1.807) is 19.2 Å². The van der Waals surface area contributed by atoms with E-state index in [4.69, 9.17) is 14.2 Å². The monoisotopic (exact) mass is 322 g/mol. The number of hydrogen-bond donors (Lipinski definition) is 1. The van der Waals surface area contributed by atoms with Crippen molar-refractivity contribution in [2.45, 2.75) is 13.8 Å². The maximum Gasteiger partial charge on any atom is 0.251 e. The summed E-state index contributed by atoms with van der Waals surface area (Å²) in [6.45, 7) is 6.96. The number of nitrogens with one attached hydrogen (secondary N) is 1. The Hall–Kier alpha value is -1.76. The van der Waals surface area contributed by atoms with Gasteiger partial charge in [-0.3, -0.25) is 9.79 Å². The number of aliphatic imine (C=N–C) groups is 1. The van der Waals surface area contributed by atoms with E-state index in [-0.39, 0.29) is 5.91 Å². The Balaban J connectivity index is 2.15. The topological polar surface area (TPSA) is 69.2 Å². The molecule has 1 aromatic carbocycles. The van der Waals surface area contributed by atoms with Gasteiger partial charge in [-0.25, -0.2) is 0 Å². The zero-order chi connectivity index (χ0) is 16.9. The maximum atomic E-state index is 11.9. The molecule has 1 rings (SSSR count). The van der Waals surface area contributed by atoms with Crippen LogP contribution in [0.3, 0.4) is 0 Å². The molecule has 0 aliphatic heterocycles. The third-order valence-electron chi connectivity index (χ3n) is 2.82. The standard InChI is InChI=1S/C17H26N2O4/c1-14(2)19-16-6-4-15(5-7-16)17(20)18-8-9-22-12-13-23-11-10-21-3/h4-7H,8-13H2,1-3H3,(H,18,20). The van der Waals surface area contributed by atoms with Crippen LogP contribution in [0.1, 0.15) is 24.2 Å². The molecule has 0 aliphatic carbocycles. The van der Waals surface area contributed by atoms with Crippen molar-refractivity contribution in [2.24, 2.45) is 4.99 Å². The van der Waals surface area contributed by atoms with Crippen LogP contribution in [0.15, 0.2) is 29.3 Å². The Labute approximate surface area is 137 Å². The van der Waals surface area contributed by atoms with Crippen LogP contribution in [0.5, 0.6) is 0 Å². The molecule has 0 spiro atoms. The third kappa shape index (κ3) is 9.07. The van der Waals surface area contributed by atoms with Crippen LogP contribution < -0.4 is 5.32 Å². The predicted molar refractivity (Wildman–Crippen MR) is 90.7 cm³/mol. The van der Waals surface area contributed by atoms with Crippen molar-refractivity contribution in [1.82, 2.24) is 5.32 Å². The number of carbonyl (C=O) groups excluding carboxylic acids is 1. The molecule has 6 nitrogen and oxygen atoms in total. The Kier molecular flexibility index (Phi) is 9.86. The fraction of sp³-hybridized carbons (Fsp3) is 0.529. The number of ether oxygens (including phenoxy) is 3. The van der Waals surface area contributed by atoms with Crippen molar-refractivity contribution in [3.63, 3.8) is 0 Å². The lowest BCUT2D eigenvalue weighted by Crippen LogP contribution is -2.27. The summed E-state index contributed by atoms with van der Waals surface area (Å²) < 4.78 is 15.5. The van der Waals surface area contributed by atoms with Crippen LogP contribution in [-0.2, 0) is 14.2 Å². The van der Waals surface area contributed by atoms with Crippen molar-refractivity contribution in [2.75, 3.05) is 46.7 Å². The Morgan fingerprint density at radius 1 is 1.00 bits per heavy atom. The molecular formula is C17H26N2O4. The molecule has 0 saturated carbocycles. The third-order valence-corrected chi connectivity index (χ3v) is 2.82. The molecule has 0 bridgehead atoms. The van der Waals surface area contributed by atoms with Crippen molar-refractivity contribution in [3.8, 4) is 0 Å². The Morgan fingerprint density at radius 3 is 2.22 bits per heavy atom. The van der Waals surface area contributed by atoms with Gasteiger partial charge in [0.25, 0.3) is 5.91 Å². The van der Waals surface area contributed by atoms with Gasteiger partial charge < -0.3 is 19.5 Å². The number of carbonyl (C=O) groups is 1. The number of benzene rings is 1. The van der Waals surface area contributed by atoms with E-state index in [2.05, 4.69) is 10.3 Å². The molecule has 0 radical (unpaired) electrons. The SMILES string of the molecule is COCCOCCOCCNC(=O)c1ccc(N=C(C)C)cc1. The second kappa shape index (κ2) is 11.8. The largest absolute Gasteiger partial charge is 0.382 e. The molecule has 0 aromatic heterocycles. The molecule has 0 unspecified atom stereocenters. The maximum absolute atomic E-state index is 11.9. The molecule has 1 N–H and O–H groups in total. The average molecular weight is 322 g/mol. The number of nitrogens with zero attached hydrogens (tertiary/aromatic N) is 1. The first-order valence-electron chi connectivity index (χ1n) is 7.68. The smallest absolute Gasteiger partial charge is 0.251 e. The van der Waals surface area contributed by atoms with Crippen LogP contribution in [0.25, 0.3) is 0 Å². The van der Waals surface area contributed by atoms with Gasteiger partial charge in [0, 0.05) is 24.9 Å². The molecule has 6 heteroatoms. The van der Waals surface area contributed by atoms with Crippen LogP contribution in [0.2, 0.25) is 0 Å². The highest BCUT2D eigenvalue weighted by molar-refractivity contribution is 5.94. The minimum absolute atomic E-state index is 0.117. The average Bonchev–Trinajstić information content (AvgIpc) is 2.53. The molecule has 0 saturated heterocycles. The Bertz CT molecular complexity index is 482. The van der Waals surface area contributed by atoms with E-state index >= 15 is 0 Å². The van der Waals surface area contributed by atoms with E-state index in [0.29, 0.717) is 45.1 Å². The van der Waals surface area contributed by atoms with Gasteiger partial charge in [0.05, 0.1) is 38.7 Å². The van der Waals surface area contributed by atoms with E-state index in [1.807, 2.05) is 26.0 Å². The van der Waals surface area contributed by atoms with Gasteiger partial charge in [-0.05, 0) is 38.1 Å². The van der Waals surface area contributed by atoms with Gasteiger partial charge >= 0.3 is 0 Å². The normalized spacial score (nSPS) is 10.4. The van der Waals surface area contributed by atoms with Crippen LogP contribution in [0.4, 0.5) is 5.69 Å². The van der Waals surface area contributed by atoms with Crippen LogP contribution >= 0.6 is 0 Å². The molecule has 1 amide bonds. The van der Waals surface area contributed by atoms with Gasteiger partial charge in [0.2, 0.25) is 0 Å². The molecule has 0 heterocycles. The highest BCUT2D eigenvalue weighted by Gasteiger charge is 2.04. The van der Waals surface area contributed by atoms with Gasteiger partial charge in [-0.1, -0.05) is 0 Å². The predicted octanol–water partition coefficient (Wildman–Crippen LogP) is 2.21. The van der Waals surface area contributed by atoms with Crippen molar-refractivity contribution < 1.29 is 19.0 Å². The number of hydrogen-bond acceptors (Lipinski definition) is 5. The van der Waals surface area contributed by atoms with E-state index < -0.39 is 0 Å². The molecule has 128 valence electrons. The molecule has 23 heavy (non-hydrogen) atoms. The van der Waals surface area contributed by atoms with Gasteiger partial charge in [-0.15, -0.1) is 0 Å². The van der Waals surface area contributed by atoms with Gasteiger partial charge in [-0.2, -0.15) is 0 Å². The molecular weight excluding hydrogens is 296 g/mol. The highest BCUT2D eigenvalue weighted by Crippen LogP contribution is 2.13. The first-order chi connectivity index (χ1) is 11.1. The fourth-order valence-corrected chi connectivity index (χ4v) is 1.75. The zero-order valence-corrected chi connectivity index (χ0v) is 14.1. The van der Waals surface area contributed by atoms with E-state index in [9.17, 15) is 4.79 Å². The summed E-state index contributed by atoms with van der Waals surface area (Å²) in [7, 11) is 1.63. The second-order valence-corrected chi connectivity index (χ2v) is 5.08. The lowest BCUT2D eigenvalue weighted by molar-refractivity contribution is 0.0255. The van der Waals surface area contributed by atoms with E-state index in [0.717, 1.165) is 11.4 Å². The molecule has 0 aliphatic rings. The van der Waals surface area contributed by atoms with Crippen molar-refractivity contribution >= 4 is 17.3 Å². The molecule has 1 aromatic rings. The van der Waals surface area contributed by atoms with Crippen LogP contribution in [-0.4, -0.2) is 58.3 Å². The van der Waals surface area contributed by atoms with Crippen LogP contribution in [0, 0.1) is 0 Å². The Morgan fingerprint density at radius 2 is 1.61 bits per heavy atom. The summed E-state index contributed by atoms with van der Waals surface area (Å²) in [5.41, 5.74) is 2.43. The number of methoxy groups -OCH3 is 1. The summed E-state index contributed by atoms with van der Waals surface area (Å²) in [5, 5.41) is 2.81. The summed E-state index contributed by atoms with van der Waals surface area (Å²) in [6.07, 6.45) is 0. The summed E-state index contributed by atoms with van der Waals surface area (Å²) in [6, 6.07) is 7.19. The number of rotatable bonds is 11. The molecule has 0 fully saturated rings. The zero-order valence-electron chi connectivity index (χ0n) is 14.1. The highest BCUT2D eigenvalue weighted by atomic mass is 16.5. The quantitative estimate of drug-likeness (QED) is 0.501.